The molecule has 0 heterocycles. The summed E-state index contributed by atoms with van der Waals surface area (Å²) < 4.78 is 36.1. The second kappa shape index (κ2) is 14.1. The fourth-order valence-corrected chi connectivity index (χ4v) is 6.17. The Morgan fingerprint density at radius 3 is 1.74 bits per heavy atom. The lowest BCUT2D eigenvalue weighted by Crippen LogP contribution is -2.39. The zero-order valence-electron chi connectivity index (χ0n) is 23.7. The molecule has 0 amide bonds. The van der Waals surface area contributed by atoms with Crippen molar-refractivity contribution in [2.75, 3.05) is 6.54 Å². The van der Waals surface area contributed by atoms with Crippen molar-refractivity contribution in [3.8, 4) is 11.5 Å². The molecule has 0 saturated heterocycles. The van der Waals surface area contributed by atoms with Crippen LogP contribution >= 0.6 is 0 Å². The first-order chi connectivity index (χ1) is 20.5. The molecular formula is C36H36N2O3S. The Morgan fingerprint density at radius 2 is 1.14 bits per heavy atom. The fraction of sp³-hybridized carbons (Fsp3) is 0.167. The number of para-hydroxylation sites is 1. The summed E-state index contributed by atoms with van der Waals surface area (Å²) in [5.74, 6) is 1.62. The molecule has 0 unspecified atom stereocenters. The Kier molecular flexibility index (Phi) is 9.82. The largest absolute Gasteiger partial charge is 0.457 e. The van der Waals surface area contributed by atoms with Gasteiger partial charge in [0.05, 0.1) is 17.0 Å². The number of sulfonamides is 1. The first kappa shape index (κ1) is 29.3. The molecule has 0 aliphatic heterocycles. The van der Waals surface area contributed by atoms with E-state index in [-0.39, 0.29) is 10.9 Å². The van der Waals surface area contributed by atoms with Crippen LogP contribution < -0.4 is 14.8 Å². The van der Waals surface area contributed by atoms with Gasteiger partial charge in [-0.2, -0.15) is 0 Å². The maximum Gasteiger partial charge on any atom is 0.241 e. The third kappa shape index (κ3) is 7.95. The van der Waals surface area contributed by atoms with Gasteiger partial charge in [0.2, 0.25) is 10.0 Å². The van der Waals surface area contributed by atoms with Crippen molar-refractivity contribution in [3.63, 3.8) is 0 Å². The Hall–Kier alpha value is -4.23. The molecule has 6 heteroatoms. The van der Waals surface area contributed by atoms with E-state index in [1.54, 1.807) is 12.1 Å². The van der Waals surface area contributed by atoms with Crippen molar-refractivity contribution in [2.24, 2.45) is 0 Å². The van der Waals surface area contributed by atoms with E-state index in [2.05, 4.69) is 22.2 Å². The first-order valence-electron chi connectivity index (χ1n) is 14.2. The smallest absolute Gasteiger partial charge is 0.241 e. The minimum atomic E-state index is -3.78. The monoisotopic (exact) mass is 576 g/mol. The molecule has 42 heavy (non-hydrogen) atoms. The van der Waals surface area contributed by atoms with E-state index < -0.39 is 16.1 Å². The summed E-state index contributed by atoms with van der Waals surface area (Å²) in [6.45, 7) is 2.65. The first-order valence-corrected chi connectivity index (χ1v) is 15.7. The van der Waals surface area contributed by atoms with Crippen LogP contribution in [0.2, 0.25) is 0 Å². The standard InChI is InChI=1S/C36H36N2O3S/c1-28-19-25-34(26-20-28)42(39,40)38-36(31-15-7-3-8-16-31)35(30-13-5-2-6-14-30)37-27-11-12-29-21-23-33(24-22-29)41-32-17-9-4-10-18-32/h2-10,13-26,35-38H,11-12,27H2,1H3/t35-,36-/m1/s1. The predicted octanol–water partition coefficient (Wildman–Crippen LogP) is 7.77. The van der Waals surface area contributed by atoms with Crippen molar-refractivity contribution in [1.29, 1.82) is 0 Å². The van der Waals surface area contributed by atoms with E-state index in [9.17, 15) is 8.42 Å². The number of hydrogen-bond donors (Lipinski definition) is 2. The Labute approximate surface area is 249 Å². The van der Waals surface area contributed by atoms with Gasteiger partial charge in [0.15, 0.2) is 0 Å². The van der Waals surface area contributed by atoms with Crippen LogP contribution in [0.4, 0.5) is 0 Å². The van der Waals surface area contributed by atoms with E-state index in [1.165, 1.54) is 5.56 Å². The quantitative estimate of drug-likeness (QED) is 0.141. The molecule has 2 atom stereocenters. The summed E-state index contributed by atoms with van der Waals surface area (Å²) in [6, 6.07) is 43.9. The van der Waals surface area contributed by atoms with E-state index in [0.29, 0.717) is 6.54 Å². The van der Waals surface area contributed by atoms with Crippen molar-refractivity contribution in [3.05, 3.63) is 162 Å². The molecule has 0 bridgehead atoms. The van der Waals surface area contributed by atoms with Crippen LogP contribution in [-0.4, -0.2) is 15.0 Å². The normalized spacial score (nSPS) is 12.9. The second-order valence-corrected chi connectivity index (χ2v) is 12.0. The van der Waals surface area contributed by atoms with Crippen molar-refractivity contribution >= 4 is 10.0 Å². The molecular weight excluding hydrogens is 540 g/mol. The number of hydrogen-bond acceptors (Lipinski definition) is 4. The second-order valence-electron chi connectivity index (χ2n) is 10.3. The Bertz CT molecular complexity index is 1630. The number of benzene rings is 5. The van der Waals surface area contributed by atoms with Gasteiger partial charge in [-0.25, -0.2) is 13.1 Å². The molecule has 5 aromatic rings. The molecule has 0 fully saturated rings. The average molecular weight is 577 g/mol. The summed E-state index contributed by atoms with van der Waals surface area (Å²) in [4.78, 5) is 0.250. The van der Waals surface area contributed by atoms with Gasteiger partial charge in [-0.3, -0.25) is 0 Å². The highest BCUT2D eigenvalue weighted by molar-refractivity contribution is 7.89. The van der Waals surface area contributed by atoms with Gasteiger partial charge in [0.25, 0.3) is 0 Å². The van der Waals surface area contributed by atoms with E-state index in [0.717, 1.165) is 41.0 Å². The van der Waals surface area contributed by atoms with E-state index in [4.69, 9.17) is 4.74 Å². The summed E-state index contributed by atoms with van der Waals surface area (Å²) in [5.41, 5.74) is 4.13. The maximum atomic E-state index is 13.6. The molecule has 0 aromatic heterocycles. The Balaban J connectivity index is 1.30. The van der Waals surface area contributed by atoms with Crippen LogP contribution in [0.5, 0.6) is 11.5 Å². The van der Waals surface area contributed by atoms with Crippen molar-refractivity contribution in [2.45, 2.75) is 36.7 Å². The minimum Gasteiger partial charge on any atom is -0.457 e. The number of aryl methyl sites for hydroxylation is 2. The molecule has 0 aliphatic rings. The van der Waals surface area contributed by atoms with Gasteiger partial charge in [0.1, 0.15) is 11.5 Å². The molecule has 5 nitrogen and oxygen atoms in total. The number of rotatable bonds is 13. The predicted molar refractivity (Wildman–Crippen MR) is 169 cm³/mol. The van der Waals surface area contributed by atoms with Gasteiger partial charge in [-0.1, -0.05) is 109 Å². The van der Waals surface area contributed by atoms with Gasteiger partial charge in [0, 0.05) is 0 Å². The van der Waals surface area contributed by atoms with Crippen LogP contribution in [0.25, 0.3) is 0 Å². The molecule has 0 spiro atoms. The number of nitrogens with one attached hydrogen (secondary N) is 2. The van der Waals surface area contributed by atoms with Gasteiger partial charge < -0.3 is 10.1 Å². The summed E-state index contributed by atoms with van der Waals surface area (Å²) in [6.07, 6.45) is 1.76. The number of ether oxygens (including phenoxy) is 1. The molecule has 5 rings (SSSR count). The minimum absolute atomic E-state index is 0.250. The lowest BCUT2D eigenvalue weighted by atomic mass is 9.94. The molecule has 0 aliphatic carbocycles. The highest BCUT2D eigenvalue weighted by Gasteiger charge is 2.29. The summed E-state index contributed by atoms with van der Waals surface area (Å²) in [7, 11) is -3.78. The molecule has 0 saturated carbocycles. The molecule has 0 radical (unpaired) electrons. The SMILES string of the molecule is Cc1ccc(S(=O)(=O)N[C@H](c2ccccc2)[C@H](NCCCc2ccc(Oc3ccccc3)cc2)c2ccccc2)cc1. The molecule has 5 aromatic carbocycles. The summed E-state index contributed by atoms with van der Waals surface area (Å²) >= 11 is 0. The van der Waals surface area contributed by atoms with Crippen LogP contribution in [0.1, 0.15) is 40.8 Å². The van der Waals surface area contributed by atoms with Gasteiger partial charge in [-0.15, -0.1) is 0 Å². The average Bonchev–Trinajstić information content (AvgIpc) is 3.02. The van der Waals surface area contributed by atoms with Crippen LogP contribution in [-0.2, 0) is 16.4 Å². The van der Waals surface area contributed by atoms with Crippen LogP contribution in [0.15, 0.2) is 144 Å². The topological polar surface area (TPSA) is 67.4 Å². The maximum absolute atomic E-state index is 13.6. The fourth-order valence-electron chi connectivity index (χ4n) is 4.93. The zero-order chi connectivity index (χ0) is 29.2. The summed E-state index contributed by atoms with van der Waals surface area (Å²) in [5, 5.41) is 3.68. The van der Waals surface area contributed by atoms with Crippen molar-refractivity contribution < 1.29 is 13.2 Å². The third-order valence-corrected chi connectivity index (χ3v) is 8.63. The van der Waals surface area contributed by atoms with E-state index in [1.807, 2.05) is 122 Å². The highest BCUT2D eigenvalue weighted by atomic mass is 32.2. The Morgan fingerprint density at radius 1 is 0.619 bits per heavy atom. The molecule has 214 valence electrons. The van der Waals surface area contributed by atoms with Gasteiger partial charge in [-0.05, 0) is 79.4 Å². The molecule has 2 N–H and O–H groups in total. The van der Waals surface area contributed by atoms with E-state index >= 15 is 0 Å². The van der Waals surface area contributed by atoms with Crippen LogP contribution in [0, 0.1) is 6.92 Å². The lowest BCUT2D eigenvalue weighted by molar-refractivity contribution is 0.420. The van der Waals surface area contributed by atoms with Crippen LogP contribution in [0.3, 0.4) is 0 Å². The third-order valence-electron chi connectivity index (χ3n) is 7.17. The van der Waals surface area contributed by atoms with Gasteiger partial charge >= 0.3 is 0 Å². The lowest BCUT2D eigenvalue weighted by Gasteiger charge is -2.30. The van der Waals surface area contributed by atoms with Crippen molar-refractivity contribution in [1.82, 2.24) is 10.0 Å². The zero-order valence-corrected chi connectivity index (χ0v) is 24.5. The highest BCUT2D eigenvalue weighted by Crippen LogP contribution is 2.31.